The van der Waals surface area contributed by atoms with E-state index in [0.29, 0.717) is 36.8 Å². The average molecular weight is 789 g/mol. The van der Waals surface area contributed by atoms with Crippen molar-refractivity contribution in [1.29, 1.82) is 0 Å². The highest BCUT2D eigenvalue weighted by atomic mass is 35.5. The maximum atomic E-state index is 18.6. The number of carbonyl (C=O) groups excluding carboxylic acids is 4. The van der Waals surface area contributed by atoms with Gasteiger partial charge in [0.2, 0.25) is 5.78 Å². The van der Waals surface area contributed by atoms with Gasteiger partial charge >= 0.3 is 17.9 Å². The molecule has 1 aliphatic heterocycles. The van der Waals surface area contributed by atoms with E-state index in [4.69, 9.17) is 46.9 Å². The van der Waals surface area contributed by atoms with Gasteiger partial charge in [0.15, 0.2) is 23.7 Å². The third-order valence-electron chi connectivity index (χ3n) is 12.1. The average Bonchev–Trinajstić information content (AvgIpc) is 3.52. The van der Waals surface area contributed by atoms with E-state index < -0.39 is 82.2 Å². The fourth-order valence-electron chi connectivity index (χ4n) is 9.97. The number of alkyl halides is 3. The smallest absolute Gasteiger partial charge is 0.336 e. The summed E-state index contributed by atoms with van der Waals surface area (Å²) in [6, 6.07) is 7.58. The van der Waals surface area contributed by atoms with Gasteiger partial charge in [0, 0.05) is 67.2 Å². The number of halogens is 3. The van der Waals surface area contributed by atoms with Gasteiger partial charge in [-0.3, -0.25) is 14.4 Å². The molecule has 0 amide bonds. The van der Waals surface area contributed by atoms with E-state index in [9.17, 15) is 19.2 Å². The van der Waals surface area contributed by atoms with Crippen molar-refractivity contribution in [3.8, 4) is 0 Å². The number of para-hydroxylation sites is 1. The van der Waals surface area contributed by atoms with Crippen LogP contribution < -0.4 is 4.90 Å². The molecule has 1 aromatic rings. The lowest BCUT2D eigenvalue weighted by Gasteiger charge is -2.62. The summed E-state index contributed by atoms with van der Waals surface area (Å²) in [5, 5.41) is 0. The molecule has 0 aromatic heterocycles. The van der Waals surface area contributed by atoms with Gasteiger partial charge in [-0.05, 0) is 81.4 Å². The van der Waals surface area contributed by atoms with Gasteiger partial charge in [0.05, 0.1) is 6.10 Å². The van der Waals surface area contributed by atoms with Gasteiger partial charge in [-0.1, -0.05) is 37.3 Å². The van der Waals surface area contributed by atoms with E-state index in [1.54, 1.807) is 45.1 Å². The van der Waals surface area contributed by atoms with E-state index in [1.807, 2.05) is 42.2 Å². The molecule has 1 heterocycles. The summed E-state index contributed by atoms with van der Waals surface area (Å²) in [6.45, 7) is 10.1. The number of Topliss-reactive ketones (excluding diaryl/α,β-unsaturated/α-hetero) is 1. The summed E-state index contributed by atoms with van der Waals surface area (Å²) in [5.74, 6) is -3.64. The topological polar surface area (TPSA) is 118 Å². The molecule has 2 saturated carbocycles. The van der Waals surface area contributed by atoms with E-state index in [1.165, 1.54) is 19.9 Å². The van der Waals surface area contributed by atoms with Crippen LogP contribution in [0.3, 0.4) is 0 Å². The van der Waals surface area contributed by atoms with Gasteiger partial charge < -0.3 is 28.6 Å². The van der Waals surface area contributed by atoms with Crippen LogP contribution in [0.1, 0.15) is 66.4 Å². The third-order valence-corrected chi connectivity index (χ3v) is 12.5. The van der Waals surface area contributed by atoms with Crippen molar-refractivity contribution in [2.24, 2.45) is 22.7 Å². The summed E-state index contributed by atoms with van der Waals surface area (Å²) in [7, 11) is 0. The molecule has 292 valence electrons. The molecule has 0 radical (unpaired) electrons. The number of nitrogens with zero attached hydrogens (tertiary/aromatic N) is 1. The minimum absolute atomic E-state index is 0.0479. The first-order valence-electron chi connectivity index (χ1n) is 18.3. The highest BCUT2D eigenvalue weighted by Crippen LogP contribution is 2.72. The summed E-state index contributed by atoms with van der Waals surface area (Å²) >= 11 is 12.0. The number of fused-ring (bicyclic) bond motifs is 7. The first-order valence-corrected chi connectivity index (χ1v) is 19.4. The molecule has 6 rings (SSSR count). The van der Waals surface area contributed by atoms with Crippen molar-refractivity contribution in [2.45, 2.75) is 90.1 Å². The number of hydrogen-bond donors (Lipinski definition) is 0. The fourth-order valence-corrected chi connectivity index (χ4v) is 10.4. The predicted molar refractivity (Wildman–Crippen MR) is 201 cm³/mol. The number of anilines is 1. The Balaban J connectivity index is 1.30. The van der Waals surface area contributed by atoms with Crippen molar-refractivity contribution in [1.82, 2.24) is 0 Å². The first-order chi connectivity index (χ1) is 25.5. The van der Waals surface area contributed by atoms with Crippen LogP contribution in [0.5, 0.6) is 0 Å². The van der Waals surface area contributed by atoms with Gasteiger partial charge in [-0.15, -0.1) is 23.2 Å². The normalized spacial score (nSPS) is 34.5. The molecule has 8 atom stereocenters. The van der Waals surface area contributed by atoms with Crippen molar-refractivity contribution in [3.63, 3.8) is 0 Å². The van der Waals surface area contributed by atoms with E-state index in [-0.39, 0.29) is 18.6 Å². The monoisotopic (exact) mass is 787 g/mol. The predicted octanol–water partition coefficient (Wildman–Crippen LogP) is 7.03. The van der Waals surface area contributed by atoms with Gasteiger partial charge in [0.1, 0.15) is 11.9 Å². The van der Waals surface area contributed by atoms with Crippen LogP contribution in [0.25, 0.3) is 6.08 Å². The molecule has 1 aromatic carbocycles. The molecule has 4 aliphatic carbocycles. The molecule has 0 N–H and O–H groups in total. The molecule has 10 nitrogen and oxygen atoms in total. The maximum absolute atomic E-state index is 18.6. The van der Waals surface area contributed by atoms with Crippen molar-refractivity contribution in [2.75, 3.05) is 36.4 Å². The Morgan fingerprint density at radius 2 is 1.72 bits per heavy atom. The quantitative estimate of drug-likeness (QED) is 0.0947. The Morgan fingerprint density at radius 1 is 1.02 bits per heavy atom. The number of allylic oxidation sites excluding steroid dienone is 5. The molecule has 0 bridgehead atoms. The first kappa shape index (κ1) is 40.2. The highest BCUT2D eigenvalue weighted by Gasteiger charge is 2.80. The Labute approximate surface area is 325 Å². The second-order valence-corrected chi connectivity index (χ2v) is 16.4. The summed E-state index contributed by atoms with van der Waals surface area (Å²) in [4.78, 5) is 53.7. The second-order valence-electron chi connectivity index (χ2n) is 15.6. The highest BCUT2D eigenvalue weighted by molar-refractivity contribution is 6.18. The number of hydrogen-bond acceptors (Lipinski definition) is 10. The Morgan fingerprint density at radius 3 is 2.39 bits per heavy atom. The number of ether oxygens (including phenoxy) is 5. The number of benzene rings is 1. The second kappa shape index (κ2) is 14.9. The Kier molecular flexibility index (Phi) is 11.1. The van der Waals surface area contributed by atoms with Gasteiger partial charge in [-0.2, -0.15) is 0 Å². The molecule has 13 heteroatoms. The van der Waals surface area contributed by atoms with Crippen LogP contribution in [-0.4, -0.2) is 84.4 Å². The summed E-state index contributed by atoms with van der Waals surface area (Å²) in [6.07, 6.45) is 8.30. The number of ketones is 1. The van der Waals surface area contributed by atoms with Crippen molar-refractivity contribution in [3.05, 3.63) is 71.5 Å². The summed E-state index contributed by atoms with van der Waals surface area (Å²) < 4.78 is 48.3. The minimum atomic E-state index is -2.13. The minimum Gasteiger partial charge on any atom is -0.459 e. The molecule has 5 aliphatic rings. The zero-order valence-corrected chi connectivity index (χ0v) is 33.0. The standard InChI is InChI=1S/C41H48Cl2FNO9/c1-25(46)50-24-33(48)41-34(53-37(3,4)54-41)22-31-30-13-12-28-21-29(15-16-38(28,5)40(30,44)35(51-26(2)47)23-39(31,41)6)52-36(49)14-11-27-9-7-8-10-32(27)45(19-17-42)20-18-43/h7-12,14-16,21,30-31,34-35H,13,17-20,22-24H2,1-6H3/t30-,31-,34?,35-,38-,39-,40-,41+/m0/s1. The largest absolute Gasteiger partial charge is 0.459 e. The molecular formula is C41H48Cl2FNO9. The maximum Gasteiger partial charge on any atom is 0.336 e. The lowest BCUT2D eigenvalue weighted by Crippen LogP contribution is -2.70. The molecule has 0 spiro atoms. The molecule has 3 fully saturated rings. The van der Waals surface area contributed by atoms with E-state index >= 15 is 4.39 Å². The SMILES string of the molecule is CC(=O)OCC(=O)[C@@]12OC(C)(C)OC1C[C@H]1[C@@H]3CC=C4C=C(OC(=O)C=Cc5ccccc5N(CCCl)CCCl)C=C[C@]4(C)[C@@]3(F)[C@@H](OC(C)=O)C[C@@]12C. The lowest BCUT2D eigenvalue weighted by molar-refractivity contribution is -0.247. The van der Waals surface area contributed by atoms with E-state index in [0.717, 1.165) is 11.3 Å². The van der Waals surface area contributed by atoms with Crippen LogP contribution in [0, 0.1) is 22.7 Å². The van der Waals surface area contributed by atoms with Gasteiger partial charge in [0.25, 0.3) is 0 Å². The Bertz CT molecular complexity index is 1820. The van der Waals surface area contributed by atoms with Crippen LogP contribution >= 0.6 is 23.2 Å². The fraction of sp³-hybridized carbons (Fsp3) is 0.561. The number of rotatable bonds is 12. The van der Waals surface area contributed by atoms with Crippen LogP contribution in [0.2, 0.25) is 0 Å². The Hall–Kier alpha value is -3.51. The lowest BCUT2D eigenvalue weighted by atomic mass is 9.45. The molecular weight excluding hydrogens is 740 g/mol. The zero-order valence-electron chi connectivity index (χ0n) is 31.5. The zero-order chi connectivity index (χ0) is 39.3. The molecule has 1 unspecified atom stereocenters. The summed E-state index contributed by atoms with van der Waals surface area (Å²) in [5.41, 5.74) is -3.83. The van der Waals surface area contributed by atoms with Crippen molar-refractivity contribution >= 4 is 58.7 Å². The van der Waals surface area contributed by atoms with Gasteiger partial charge in [-0.25, -0.2) is 9.18 Å². The number of carbonyl (C=O) groups is 4. The van der Waals surface area contributed by atoms with Crippen LogP contribution in [0.4, 0.5) is 10.1 Å². The molecule has 1 saturated heterocycles. The van der Waals surface area contributed by atoms with Crippen LogP contribution in [-0.2, 0) is 42.9 Å². The van der Waals surface area contributed by atoms with Crippen LogP contribution in [0.15, 0.2) is 66.0 Å². The van der Waals surface area contributed by atoms with E-state index in [2.05, 4.69) is 0 Å². The number of esters is 3. The van der Waals surface area contributed by atoms with Crippen molar-refractivity contribution < 1.29 is 47.3 Å². The molecule has 54 heavy (non-hydrogen) atoms. The third kappa shape index (κ3) is 6.62.